The summed E-state index contributed by atoms with van der Waals surface area (Å²) in [6.45, 7) is 0.613. The smallest absolute Gasteiger partial charge is 0.258 e. The van der Waals surface area contributed by atoms with E-state index in [1.165, 1.54) is 23.9 Å². The van der Waals surface area contributed by atoms with Gasteiger partial charge in [0.25, 0.3) is 9.84 Å². The maximum absolute atomic E-state index is 12.4. The van der Waals surface area contributed by atoms with Crippen LogP contribution in [0, 0.1) is 0 Å². The van der Waals surface area contributed by atoms with Crippen LogP contribution in [0.15, 0.2) is 44.4 Å². The number of aliphatic imine (C=N–C) groups is 1. The van der Waals surface area contributed by atoms with Crippen LogP contribution in [0.1, 0.15) is 0 Å². The van der Waals surface area contributed by atoms with Gasteiger partial charge in [0.15, 0.2) is 0 Å². The Labute approximate surface area is 116 Å². The predicted octanol–water partition coefficient (Wildman–Crippen LogP) is 3.17. The van der Waals surface area contributed by atoms with Crippen LogP contribution in [0.2, 0.25) is 0 Å². The van der Waals surface area contributed by atoms with E-state index in [-0.39, 0.29) is 5.69 Å². The number of azo groups is 1. The van der Waals surface area contributed by atoms with E-state index in [1.54, 1.807) is 0 Å². The molecule has 20 heavy (non-hydrogen) atoms. The third-order valence-electron chi connectivity index (χ3n) is 2.25. The van der Waals surface area contributed by atoms with E-state index in [0.717, 1.165) is 17.9 Å². The minimum Gasteiger partial charge on any atom is -0.258 e. The first-order chi connectivity index (χ1) is 9.30. The average molecular weight is 323 g/mol. The van der Waals surface area contributed by atoms with Gasteiger partial charge in [0, 0.05) is 5.75 Å². The maximum atomic E-state index is 12.4. The summed E-state index contributed by atoms with van der Waals surface area (Å²) < 4.78 is 59.7. The molecule has 0 amide bonds. The number of alkyl halides is 3. The number of nitrogens with zero attached hydrogens (tertiary/aromatic N) is 3. The molecule has 0 saturated heterocycles. The topological polar surface area (TPSA) is 71.2 Å². The molecule has 1 aliphatic rings. The van der Waals surface area contributed by atoms with Crippen LogP contribution in [0.4, 0.5) is 18.9 Å². The second-order valence-electron chi connectivity index (χ2n) is 3.66. The molecule has 0 spiro atoms. The van der Waals surface area contributed by atoms with Crippen LogP contribution in [0.25, 0.3) is 0 Å². The van der Waals surface area contributed by atoms with E-state index in [4.69, 9.17) is 0 Å². The van der Waals surface area contributed by atoms with E-state index in [0.29, 0.717) is 11.7 Å². The fourth-order valence-electron chi connectivity index (χ4n) is 1.33. The Kier molecular flexibility index (Phi) is 4.14. The summed E-state index contributed by atoms with van der Waals surface area (Å²) in [5, 5.41) is 7.85. The van der Waals surface area contributed by atoms with Gasteiger partial charge in [0.05, 0.1) is 17.1 Å². The maximum Gasteiger partial charge on any atom is 0.501 e. The first-order valence-corrected chi connectivity index (χ1v) is 7.78. The summed E-state index contributed by atoms with van der Waals surface area (Å²) in [5.74, 6) is 0.775. The Balaban J connectivity index is 2.29. The quantitative estimate of drug-likeness (QED) is 0.785. The molecule has 0 N–H and O–H groups in total. The Morgan fingerprint density at radius 2 is 2.00 bits per heavy atom. The zero-order valence-corrected chi connectivity index (χ0v) is 11.5. The lowest BCUT2D eigenvalue weighted by Gasteiger charge is -2.07. The molecule has 0 saturated carbocycles. The van der Waals surface area contributed by atoms with Crippen molar-refractivity contribution in [3.05, 3.63) is 24.3 Å². The van der Waals surface area contributed by atoms with Gasteiger partial charge < -0.3 is 0 Å². The van der Waals surface area contributed by atoms with Gasteiger partial charge in [0.2, 0.25) is 5.17 Å². The lowest BCUT2D eigenvalue weighted by atomic mass is 10.3. The number of sulfone groups is 1. The standard InChI is InChI=1S/C10H8F3N3O2S2/c11-10(12,13)20(17,18)8-3-1-2-7(6-8)15-16-9-14-4-5-19-9/h1-3,6H,4-5H2/b16-15+. The third kappa shape index (κ3) is 3.18. The molecule has 0 atom stereocenters. The summed E-state index contributed by atoms with van der Waals surface area (Å²) in [6.07, 6.45) is 0. The number of amidine groups is 1. The summed E-state index contributed by atoms with van der Waals surface area (Å²) in [4.78, 5) is 3.12. The molecule has 0 radical (unpaired) electrons. The van der Waals surface area contributed by atoms with Gasteiger partial charge >= 0.3 is 5.51 Å². The van der Waals surface area contributed by atoms with Crippen molar-refractivity contribution in [3.8, 4) is 0 Å². The van der Waals surface area contributed by atoms with Crippen LogP contribution >= 0.6 is 11.8 Å². The Morgan fingerprint density at radius 3 is 2.60 bits per heavy atom. The van der Waals surface area contributed by atoms with Gasteiger partial charge in [-0.3, -0.25) is 4.99 Å². The zero-order valence-electron chi connectivity index (χ0n) is 9.83. The van der Waals surface area contributed by atoms with E-state index >= 15 is 0 Å². The predicted molar refractivity (Wildman–Crippen MR) is 69.0 cm³/mol. The molecular weight excluding hydrogens is 315 g/mol. The van der Waals surface area contributed by atoms with Crippen LogP contribution < -0.4 is 0 Å². The molecule has 0 unspecified atom stereocenters. The van der Waals surface area contributed by atoms with Crippen molar-refractivity contribution in [1.29, 1.82) is 0 Å². The highest BCUT2D eigenvalue weighted by molar-refractivity contribution is 8.14. The minimum absolute atomic E-state index is 0.0190. The monoisotopic (exact) mass is 323 g/mol. The van der Waals surface area contributed by atoms with Crippen molar-refractivity contribution in [2.24, 2.45) is 15.2 Å². The number of hydrogen-bond donors (Lipinski definition) is 0. The molecule has 1 aliphatic heterocycles. The molecule has 0 aliphatic carbocycles. The molecule has 0 aromatic heterocycles. The molecule has 2 rings (SSSR count). The fraction of sp³-hybridized carbons (Fsp3) is 0.300. The largest absolute Gasteiger partial charge is 0.501 e. The Morgan fingerprint density at radius 1 is 1.25 bits per heavy atom. The highest BCUT2D eigenvalue weighted by atomic mass is 32.2. The third-order valence-corrected chi connectivity index (χ3v) is 4.59. The fourth-order valence-corrected chi connectivity index (χ4v) is 2.78. The van der Waals surface area contributed by atoms with Crippen molar-refractivity contribution in [2.75, 3.05) is 12.3 Å². The molecule has 1 heterocycles. The highest BCUT2D eigenvalue weighted by Gasteiger charge is 2.46. The first kappa shape index (κ1) is 15.0. The molecule has 1 aromatic rings. The summed E-state index contributed by atoms with van der Waals surface area (Å²) >= 11 is 1.37. The average Bonchev–Trinajstić information content (AvgIpc) is 2.88. The second kappa shape index (κ2) is 5.52. The second-order valence-corrected chi connectivity index (χ2v) is 6.66. The van der Waals surface area contributed by atoms with Crippen molar-refractivity contribution < 1.29 is 21.6 Å². The Bertz CT molecular complexity index is 669. The normalized spacial score (nSPS) is 16.6. The number of hydrogen-bond acceptors (Lipinski definition) is 6. The van der Waals surface area contributed by atoms with E-state index in [9.17, 15) is 21.6 Å². The molecular formula is C10H8F3N3O2S2. The molecule has 0 bridgehead atoms. The number of halogens is 3. The van der Waals surface area contributed by atoms with Gasteiger partial charge in [-0.25, -0.2) is 8.42 Å². The minimum atomic E-state index is -5.37. The summed E-state index contributed by atoms with van der Waals surface area (Å²) in [6, 6.07) is 4.23. The molecule has 108 valence electrons. The SMILES string of the molecule is O=S(=O)(c1cccc(/N=N/C2=NCCS2)c1)C(F)(F)F. The lowest BCUT2D eigenvalue weighted by Crippen LogP contribution is -2.23. The lowest BCUT2D eigenvalue weighted by molar-refractivity contribution is -0.0435. The van der Waals surface area contributed by atoms with Crippen LogP contribution in [-0.4, -0.2) is 31.4 Å². The zero-order chi connectivity index (χ0) is 14.8. The Hall–Kier alpha value is -1.42. The highest BCUT2D eigenvalue weighted by Crippen LogP contribution is 2.31. The van der Waals surface area contributed by atoms with Gasteiger partial charge in [-0.05, 0) is 18.2 Å². The van der Waals surface area contributed by atoms with E-state index in [1.807, 2.05) is 0 Å². The van der Waals surface area contributed by atoms with Crippen molar-refractivity contribution in [1.82, 2.24) is 0 Å². The van der Waals surface area contributed by atoms with Crippen LogP contribution in [-0.2, 0) is 9.84 Å². The van der Waals surface area contributed by atoms with Gasteiger partial charge in [-0.15, -0.1) is 10.2 Å². The van der Waals surface area contributed by atoms with Crippen molar-refractivity contribution >= 4 is 32.5 Å². The number of rotatable bonds is 2. The molecule has 0 fully saturated rings. The number of benzene rings is 1. The van der Waals surface area contributed by atoms with Crippen molar-refractivity contribution in [2.45, 2.75) is 10.4 Å². The van der Waals surface area contributed by atoms with E-state index in [2.05, 4.69) is 15.2 Å². The molecule has 10 heteroatoms. The molecule has 5 nitrogen and oxygen atoms in total. The van der Waals surface area contributed by atoms with E-state index < -0.39 is 20.2 Å². The number of thioether (sulfide) groups is 1. The first-order valence-electron chi connectivity index (χ1n) is 5.31. The van der Waals surface area contributed by atoms with Crippen molar-refractivity contribution in [3.63, 3.8) is 0 Å². The van der Waals surface area contributed by atoms with Gasteiger partial charge in [0.1, 0.15) is 0 Å². The van der Waals surface area contributed by atoms with Crippen LogP contribution in [0.5, 0.6) is 0 Å². The molecule has 1 aromatic carbocycles. The summed E-state index contributed by atoms with van der Waals surface area (Å²) in [7, 11) is -5.37. The van der Waals surface area contributed by atoms with Crippen LogP contribution in [0.3, 0.4) is 0 Å². The van der Waals surface area contributed by atoms with Gasteiger partial charge in [-0.1, -0.05) is 17.8 Å². The summed E-state index contributed by atoms with van der Waals surface area (Å²) in [5.41, 5.74) is -5.32. The van der Waals surface area contributed by atoms with Gasteiger partial charge in [-0.2, -0.15) is 13.2 Å².